The van der Waals surface area contributed by atoms with Crippen LogP contribution in [-0.4, -0.2) is 35.7 Å². The summed E-state index contributed by atoms with van der Waals surface area (Å²) < 4.78 is 0.965. The number of rotatable bonds is 1. The highest BCUT2D eigenvalue weighted by molar-refractivity contribution is 9.10. The molecule has 1 N–H and O–H groups in total. The van der Waals surface area contributed by atoms with Gasteiger partial charge in [-0.25, -0.2) is 0 Å². The molecule has 3 rings (SSSR count). The predicted molar refractivity (Wildman–Crippen MR) is 80.7 cm³/mol. The second kappa shape index (κ2) is 5.29. The molecular formula is C15H11BrN2O3. The lowest BCUT2D eigenvalue weighted by atomic mass is 10.1. The Bertz CT molecular complexity index is 757. The van der Waals surface area contributed by atoms with Gasteiger partial charge in [0.2, 0.25) is 11.8 Å². The third kappa shape index (κ3) is 2.80. The quantitative estimate of drug-likeness (QED) is 0.799. The summed E-state index contributed by atoms with van der Waals surface area (Å²) in [6.07, 6.45) is 0. The van der Waals surface area contributed by atoms with Crippen LogP contribution in [0.2, 0.25) is 0 Å². The van der Waals surface area contributed by atoms with Gasteiger partial charge in [0.05, 0.1) is 0 Å². The molecule has 0 bridgehead atoms. The number of imide groups is 1. The molecule has 5 nitrogen and oxygen atoms in total. The van der Waals surface area contributed by atoms with Crippen LogP contribution in [0.15, 0.2) is 40.9 Å². The fourth-order valence-corrected chi connectivity index (χ4v) is 2.69. The molecule has 0 aliphatic carbocycles. The van der Waals surface area contributed by atoms with Crippen molar-refractivity contribution in [1.82, 2.24) is 10.2 Å². The van der Waals surface area contributed by atoms with Crippen molar-refractivity contribution in [2.75, 3.05) is 13.1 Å². The normalized spacial score (nSPS) is 15.2. The summed E-state index contributed by atoms with van der Waals surface area (Å²) in [7, 11) is 0. The SMILES string of the molecule is O=C1CN(C(=O)c2ccc3cc(Br)ccc3c2)CC(=O)N1. The van der Waals surface area contributed by atoms with Gasteiger partial charge in [-0.1, -0.05) is 28.1 Å². The van der Waals surface area contributed by atoms with Crippen molar-refractivity contribution < 1.29 is 14.4 Å². The molecule has 1 aliphatic rings. The Morgan fingerprint density at radius 1 is 1.00 bits per heavy atom. The number of carbonyl (C=O) groups is 3. The van der Waals surface area contributed by atoms with E-state index in [0.717, 1.165) is 15.2 Å². The van der Waals surface area contributed by atoms with Crippen LogP contribution in [-0.2, 0) is 9.59 Å². The van der Waals surface area contributed by atoms with Crippen molar-refractivity contribution in [3.05, 3.63) is 46.4 Å². The van der Waals surface area contributed by atoms with E-state index in [9.17, 15) is 14.4 Å². The maximum atomic E-state index is 12.4. The zero-order valence-corrected chi connectivity index (χ0v) is 12.5. The topological polar surface area (TPSA) is 66.5 Å². The highest BCUT2D eigenvalue weighted by Gasteiger charge is 2.27. The average molecular weight is 347 g/mol. The highest BCUT2D eigenvalue weighted by Crippen LogP contribution is 2.21. The number of nitrogens with one attached hydrogen (secondary N) is 1. The van der Waals surface area contributed by atoms with Crippen LogP contribution in [0.5, 0.6) is 0 Å². The summed E-state index contributed by atoms with van der Waals surface area (Å²) in [4.78, 5) is 36.3. The number of carbonyl (C=O) groups excluding carboxylic acids is 3. The minimum atomic E-state index is -0.454. The Labute approximate surface area is 129 Å². The van der Waals surface area contributed by atoms with Gasteiger partial charge in [0.15, 0.2) is 0 Å². The Kier molecular flexibility index (Phi) is 3.47. The number of benzene rings is 2. The first-order chi connectivity index (χ1) is 10.0. The van der Waals surface area contributed by atoms with Crippen molar-refractivity contribution in [2.24, 2.45) is 0 Å². The highest BCUT2D eigenvalue weighted by atomic mass is 79.9. The lowest BCUT2D eigenvalue weighted by Crippen LogP contribution is -2.53. The summed E-state index contributed by atoms with van der Waals surface area (Å²) in [6, 6.07) is 11.1. The first-order valence-electron chi connectivity index (χ1n) is 6.34. The average Bonchev–Trinajstić information content (AvgIpc) is 2.45. The van der Waals surface area contributed by atoms with Crippen LogP contribution in [0, 0.1) is 0 Å². The van der Waals surface area contributed by atoms with Crippen molar-refractivity contribution in [1.29, 1.82) is 0 Å². The van der Waals surface area contributed by atoms with Crippen LogP contribution in [0.4, 0.5) is 0 Å². The lowest BCUT2D eigenvalue weighted by molar-refractivity contribution is -0.135. The minimum absolute atomic E-state index is 0.0943. The van der Waals surface area contributed by atoms with E-state index in [4.69, 9.17) is 0 Å². The number of amides is 3. The van der Waals surface area contributed by atoms with E-state index in [1.807, 2.05) is 24.3 Å². The van der Waals surface area contributed by atoms with Gasteiger partial charge in [0.1, 0.15) is 13.1 Å². The van der Waals surface area contributed by atoms with Gasteiger partial charge in [0.25, 0.3) is 5.91 Å². The van der Waals surface area contributed by atoms with Crippen molar-refractivity contribution in [3.63, 3.8) is 0 Å². The van der Waals surface area contributed by atoms with Gasteiger partial charge in [-0.3, -0.25) is 19.7 Å². The molecule has 2 aromatic carbocycles. The van der Waals surface area contributed by atoms with Crippen LogP contribution in [0.3, 0.4) is 0 Å². The number of fused-ring (bicyclic) bond motifs is 1. The summed E-state index contributed by atoms with van der Waals surface area (Å²) >= 11 is 3.40. The number of hydrogen-bond donors (Lipinski definition) is 1. The van der Waals surface area contributed by atoms with Crippen molar-refractivity contribution in [3.8, 4) is 0 Å². The first kappa shape index (κ1) is 13.8. The standard InChI is InChI=1S/C15H11BrN2O3/c16-12-4-3-9-5-11(2-1-10(9)6-12)15(21)18-7-13(19)17-14(20)8-18/h1-6H,7-8H2,(H,17,19,20). The minimum Gasteiger partial charge on any atom is -0.320 e. The molecule has 0 unspecified atom stereocenters. The van der Waals surface area contributed by atoms with Crippen LogP contribution >= 0.6 is 15.9 Å². The van der Waals surface area contributed by atoms with Gasteiger partial charge >= 0.3 is 0 Å². The van der Waals surface area contributed by atoms with E-state index in [2.05, 4.69) is 21.2 Å². The number of hydrogen-bond acceptors (Lipinski definition) is 3. The fourth-order valence-electron chi connectivity index (χ4n) is 2.31. The van der Waals surface area contributed by atoms with Crippen molar-refractivity contribution >= 4 is 44.4 Å². The smallest absolute Gasteiger partial charge is 0.254 e. The Hall–Kier alpha value is -2.21. The monoisotopic (exact) mass is 346 g/mol. The molecule has 0 saturated carbocycles. The lowest BCUT2D eigenvalue weighted by Gasteiger charge is -2.25. The molecule has 106 valence electrons. The molecule has 0 aromatic heterocycles. The molecule has 0 atom stereocenters. The molecular weight excluding hydrogens is 336 g/mol. The molecule has 0 spiro atoms. The first-order valence-corrected chi connectivity index (χ1v) is 7.13. The second-order valence-corrected chi connectivity index (χ2v) is 5.75. The van der Waals surface area contributed by atoms with E-state index in [-0.39, 0.29) is 19.0 Å². The second-order valence-electron chi connectivity index (χ2n) is 4.84. The Morgan fingerprint density at radius 2 is 1.62 bits per heavy atom. The summed E-state index contributed by atoms with van der Waals surface area (Å²) in [6.45, 7) is -0.189. The molecule has 2 aromatic rings. The fraction of sp³-hybridized carbons (Fsp3) is 0.133. The molecule has 3 amide bonds. The van der Waals surface area contributed by atoms with Gasteiger partial charge < -0.3 is 4.90 Å². The van der Waals surface area contributed by atoms with Gasteiger partial charge in [-0.2, -0.15) is 0 Å². The van der Waals surface area contributed by atoms with Crippen LogP contribution in [0.1, 0.15) is 10.4 Å². The number of piperazine rings is 1. The zero-order chi connectivity index (χ0) is 15.0. The molecule has 0 radical (unpaired) electrons. The van der Waals surface area contributed by atoms with Crippen LogP contribution in [0.25, 0.3) is 10.8 Å². The number of halogens is 1. The summed E-state index contributed by atoms with van der Waals surface area (Å²) in [5, 5.41) is 4.11. The zero-order valence-electron chi connectivity index (χ0n) is 10.9. The molecule has 21 heavy (non-hydrogen) atoms. The summed E-state index contributed by atoms with van der Waals surface area (Å²) in [5.74, 6) is -1.23. The third-order valence-corrected chi connectivity index (χ3v) is 3.78. The van der Waals surface area contributed by atoms with E-state index < -0.39 is 11.8 Å². The van der Waals surface area contributed by atoms with Gasteiger partial charge in [-0.15, -0.1) is 0 Å². The predicted octanol–water partition coefficient (Wildman–Crippen LogP) is 1.70. The van der Waals surface area contributed by atoms with E-state index in [1.54, 1.807) is 12.1 Å². The maximum Gasteiger partial charge on any atom is 0.254 e. The Morgan fingerprint density at radius 3 is 2.33 bits per heavy atom. The maximum absolute atomic E-state index is 12.4. The summed E-state index contributed by atoms with van der Waals surface area (Å²) in [5.41, 5.74) is 0.465. The third-order valence-electron chi connectivity index (χ3n) is 3.28. The number of nitrogens with zero attached hydrogens (tertiary/aromatic N) is 1. The van der Waals surface area contributed by atoms with Gasteiger partial charge in [0, 0.05) is 10.0 Å². The van der Waals surface area contributed by atoms with E-state index in [0.29, 0.717) is 5.56 Å². The Balaban J connectivity index is 1.92. The van der Waals surface area contributed by atoms with Crippen molar-refractivity contribution in [2.45, 2.75) is 0 Å². The largest absolute Gasteiger partial charge is 0.320 e. The molecule has 1 saturated heterocycles. The molecule has 1 fully saturated rings. The van der Waals surface area contributed by atoms with E-state index in [1.165, 1.54) is 4.90 Å². The molecule has 1 heterocycles. The molecule has 1 aliphatic heterocycles. The van der Waals surface area contributed by atoms with Gasteiger partial charge in [-0.05, 0) is 35.0 Å². The van der Waals surface area contributed by atoms with E-state index >= 15 is 0 Å². The van der Waals surface area contributed by atoms with Crippen LogP contribution < -0.4 is 5.32 Å². The molecule has 6 heteroatoms.